The Morgan fingerprint density at radius 2 is 1.93 bits per heavy atom. The van der Waals surface area contributed by atoms with Crippen LogP contribution in [0.1, 0.15) is 30.5 Å². The van der Waals surface area contributed by atoms with Gasteiger partial charge in [0.05, 0.1) is 28.9 Å². The smallest absolute Gasteiger partial charge is 0.437 e. The second kappa shape index (κ2) is 9.01. The maximum atomic E-state index is 15.0. The van der Waals surface area contributed by atoms with E-state index in [2.05, 4.69) is 10.4 Å². The number of aromatic nitrogens is 2. The fourth-order valence-corrected chi connectivity index (χ4v) is 7.24. The third kappa shape index (κ3) is 4.20. The molecule has 16 heteroatoms. The quantitative estimate of drug-likeness (QED) is 0.480. The van der Waals surface area contributed by atoms with Gasteiger partial charge in [-0.1, -0.05) is 23.2 Å². The molecular weight excluding hydrogens is 600 g/mol. The molecule has 1 aliphatic carbocycles. The molecule has 2 N–H and O–H groups in total. The number of carboxylic acids is 1. The third-order valence-corrected chi connectivity index (χ3v) is 8.88. The first kappa shape index (κ1) is 28.2. The van der Waals surface area contributed by atoms with Crippen LogP contribution in [0.15, 0.2) is 18.3 Å². The van der Waals surface area contributed by atoms with Gasteiger partial charge in [-0.25, -0.2) is 8.78 Å². The number of carbonyl (C=O) groups excluding carboxylic acids is 2. The van der Waals surface area contributed by atoms with Crippen molar-refractivity contribution in [2.45, 2.75) is 42.9 Å². The minimum atomic E-state index is -4.97. The summed E-state index contributed by atoms with van der Waals surface area (Å²) in [5.74, 6) is -11.1. The second-order valence-electron chi connectivity index (χ2n) is 11.1. The van der Waals surface area contributed by atoms with Gasteiger partial charge < -0.3 is 15.3 Å². The SMILES string of the molecule is Cn1cc(N(CC2CC2)C(=O)[C@H]2[C@H]3CC(F)(F)CN3[C@]3(C(=O)Nc4c(Cl)cc(Cl)cc43)[C@H]2C(=O)O)c(C(F)(F)F)n1. The molecule has 3 fully saturated rings. The molecule has 2 aromatic rings. The van der Waals surface area contributed by atoms with Crippen molar-refractivity contribution in [1.29, 1.82) is 0 Å². The Morgan fingerprint density at radius 1 is 1.24 bits per heavy atom. The molecule has 1 saturated carbocycles. The van der Waals surface area contributed by atoms with Crippen LogP contribution in [-0.4, -0.2) is 62.6 Å². The number of nitrogens with one attached hydrogen (secondary N) is 1. The van der Waals surface area contributed by atoms with Gasteiger partial charge >= 0.3 is 12.1 Å². The van der Waals surface area contributed by atoms with Gasteiger partial charge in [0.2, 0.25) is 5.91 Å². The average Bonchev–Trinajstić information content (AvgIpc) is 3.27. The van der Waals surface area contributed by atoms with E-state index < -0.39 is 77.6 Å². The van der Waals surface area contributed by atoms with Crippen molar-refractivity contribution in [2.24, 2.45) is 24.8 Å². The van der Waals surface area contributed by atoms with Crippen LogP contribution in [0.2, 0.25) is 10.0 Å². The van der Waals surface area contributed by atoms with Gasteiger partial charge in [0.15, 0.2) is 5.69 Å². The maximum absolute atomic E-state index is 15.0. The Morgan fingerprint density at radius 3 is 2.54 bits per heavy atom. The molecular formula is C25H22Cl2F5N5O4. The molecule has 1 spiro atoms. The number of hydrogen-bond acceptors (Lipinski definition) is 5. The topological polar surface area (TPSA) is 108 Å². The predicted molar refractivity (Wildman–Crippen MR) is 135 cm³/mol. The van der Waals surface area contributed by atoms with Crippen LogP contribution in [0, 0.1) is 17.8 Å². The third-order valence-electron chi connectivity index (χ3n) is 8.36. The lowest BCUT2D eigenvalue weighted by atomic mass is 9.73. The molecule has 9 nitrogen and oxygen atoms in total. The lowest BCUT2D eigenvalue weighted by Gasteiger charge is -2.36. The summed E-state index contributed by atoms with van der Waals surface area (Å²) in [6.45, 7) is -1.27. The molecule has 1 aromatic carbocycles. The Hall–Kier alpha value is -2.97. The molecule has 6 rings (SSSR count). The van der Waals surface area contributed by atoms with E-state index in [9.17, 15) is 32.7 Å². The van der Waals surface area contributed by atoms with Crippen LogP contribution in [0.25, 0.3) is 0 Å². The molecule has 0 radical (unpaired) electrons. The summed E-state index contributed by atoms with van der Waals surface area (Å²) >= 11 is 12.5. The average molecular weight is 622 g/mol. The van der Waals surface area contributed by atoms with Crippen molar-refractivity contribution < 1.29 is 41.4 Å². The molecule has 4 atom stereocenters. The standard InChI is InChI=1S/C25H22Cl2F5N5O4/c1-35-8-15(19(34-35)25(30,31)32)36(7-10-2-3-10)20(38)16-14-6-23(28,29)9-37(14)24(17(16)21(39)40)12-4-11(26)5-13(27)18(12)33-22(24)41/h4-5,8,10,14,16-17H,2-3,6-7,9H2,1H3,(H,33,41)(H,39,40)/t14-,16+,17-,24+/m1/s1. The van der Waals surface area contributed by atoms with E-state index >= 15 is 8.78 Å². The van der Waals surface area contributed by atoms with Gasteiger partial charge in [0, 0.05) is 42.8 Å². The zero-order valence-corrected chi connectivity index (χ0v) is 22.7. The van der Waals surface area contributed by atoms with Crippen LogP contribution in [0.3, 0.4) is 0 Å². The molecule has 0 unspecified atom stereocenters. The second-order valence-corrected chi connectivity index (χ2v) is 11.9. The zero-order valence-electron chi connectivity index (χ0n) is 21.2. The minimum absolute atomic E-state index is 0.00779. The molecule has 2 saturated heterocycles. The number of halogens is 7. The van der Waals surface area contributed by atoms with E-state index in [4.69, 9.17) is 23.2 Å². The normalized spacial score (nSPS) is 28.6. The Labute approximate surface area is 239 Å². The number of aryl methyl sites for hydroxylation is 1. The Balaban J connectivity index is 1.55. The van der Waals surface area contributed by atoms with Crippen LogP contribution < -0.4 is 10.2 Å². The minimum Gasteiger partial charge on any atom is -0.481 e. The first-order chi connectivity index (χ1) is 19.1. The van der Waals surface area contributed by atoms with Gasteiger partial charge in [0.1, 0.15) is 11.5 Å². The van der Waals surface area contributed by atoms with Gasteiger partial charge in [-0.2, -0.15) is 18.3 Å². The first-order valence-corrected chi connectivity index (χ1v) is 13.4. The van der Waals surface area contributed by atoms with Crippen molar-refractivity contribution >= 4 is 52.4 Å². The Bertz CT molecular complexity index is 1500. The highest BCUT2D eigenvalue weighted by Gasteiger charge is 2.75. The molecule has 220 valence electrons. The Kier molecular flexibility index (Phi) is 6.19. The molecule has 2 amide bonds. The first-order valence-electron chi connectivity index (χ1n) is 12.7. The van der Waals surface area contributed by atoms with Crippen LogP contribution >= 0.6 is 23.2 Å². The van der Waals surface area contributed by atoms with Crippen molar-refractivity contribution in [2.75, 3.05) is 23.3 Å². The van der Waals surface area contributed by atoms with Crippen molar-refractivity contribution in [3.63, 3.8) is 0 Å². The lowest BCUT2D eigenvalue weighted by molar-refractivity contribution is -0.153. The highest BCUT2D eigenvalue weighted by Crippen LogP contribution is 2.61. The van der Waals surface area contributed by atoms with Crippen molar-refractivity contribution in [3.8, 4) is 0 Å². The van der Waals surface area contributed by atoms with E-state index in [0.717, 1.165) is 20.7 Å². The number of aliphatic carboxylic acids is 1. The summed E-state index contributed by atoms with van der Waals surface area (Å²) in [5, 5.41) is 16.4. The van der Waals surface area contributed by atoms with Crippen LogP contribution in [-0.2, 0) is 33.1 Å². The number of carboxylic acid groups (broad SMARTS) is 1. The molecule has 4 heterocycles. The zero-order chi connectivity index (χ0) is 29.8. The van der Waals surface area contributed by atoms with E-state index in [1.54, 1.807) is 0 Å². The number of anilines is 2. The summed E-state index contributed by atoms with van der Waals surface area (Å²) in [5.41, 5.74) is -4.43. The monoisotopic (exact) mass is 621 g/mol. The number of carbonyl (C=O) groups is 3. The molecule has 4 aliphatic rings. The van der Waals surface area contributed by atoms with E-state index in [1.807, 2.05) is 0 Å². The van der Waals surface area contributed by atoms with Gasteiger partial charge in [0.25, 0.3) is 11.8 Å². The number of fused-ring (bicyclic) bond motifs is 4. The van der Waals surface area contributed by atoms with E-state index in [-0.39, 0.29) is 33.8 Å². The number of alkyl halides is 5. The van der Waals surface area contributed by atoms with Crippen LogP contribution in [0.4, 0.5) is 33.3 Å². The molecule has 1 aromatic heterocycles. The largest absolute Gasteiger partial charge is 0.481 e. The number of hydrogen-bond donors (Lipinski definition) is 2. The van der Waals surface area contributed by atoms with E-state index in [1.165, 1.54) is 19.2 Å². The van der Waals surface area contributed by atoms with Crippen LogP contribution in [0.5, 0.6) is 0 Å². The number of benzene rings is 1. The molecule has 41 heavy (non-hydrogen) atoms. The van der Waals surface area contributed by atoms with Gasteiger partial charge in [-0.15, -0.1) is 0 Å². The van der Waals surface area contributed by atoms with Crippen molar-refractivity contribution in [3.05, 3.63) is 39.6 Å². The highest BCUT2D eigenvalue weighted by molar-refractivity contribution is 6.38. The maximum Gasteiger partial charge on any atom is 0.437 e. The summed E-state index contributed by atoms with van der Waals surface area (Å²) in [7, 11) is 1.23. The van der Waals surface area contributed by atoms with Gasteiger partial charge in [-0.05, 0) is 30.9 Å². The number of nitrogens with zero attached hydrogens (tertiary/aromatic N) is 4. The van der Waals surface area contributed by atoms with Gasteiger partial charge in [-0.3, -0.25) is 24.0 Å². The lowest BCUT2D eigenvalue weighted by Crippen LogP contribution is -2.54. The number of amides is 2. The summed E-state index contributed by atoms with van der Waals surface area (Å²) in [4.78, 5) is 42.9. The molecule has 0 bridgehead atoms. The molecule has 3 aliphatic heterocycles. The van der Waals surface area contributed by atoms with E-state index in [0.29, 0.717) is 12.8 Å². The fourth-order valence-electron chi connectivity index (χ4n) is 6.70. The van der Waals surface area contributed by atoms with Crippen molar-refractivity contribution in [1.82, 2.24) is 14.7 Å². The fraction of sp³-hybridized carbons (Fsp3) is 0.520. The highest BCUT2D eigenvalue weighted by atomic mass is 35.5. The summed E-state index contributed by atoms with van der Waals surface area (Å²) in [6, 6.07) is 1.02. The summed E-state index contributed by atoms with van der Waals surface area (Å²) < 4.78 is 72.9. The summed E-state index contributed by atoms with van der Waals surface area (Å²) in [6.07, 6.45) is -3.73. The predicted octanol–water partition coefficient (Wildman–Crippen LogP) is 4.38. The number of rotatable bonds is 5.